The molecule has 1 aromatic carbocycles. The molecule has 0 bridgehead atoms. The van der Waals surface area contributed by atoms with E-state index in [9.17, 15) is 17.2 Å². The van der Waals surface area contributed by atoms with E-state index in [1.165, 1.54) is 32.2 Å². The third-order valence-corrected chi connectivity index (χ3v) is 4.18. The average molecular weight is 263 g/mol. The number of alkyl halides is 2. The highest BCUT2D eigenvalue weighted by atomic mass is 32.2. The van der Waals surface area contributed by atoms with Crippen molar-refractivity contribution in [3.05, 3.63) is 29.8 Å². The Morgan fingerprint density at radius 1 is 1.29 bits per heavy atom. The van der Waals surface area contributed by atoms with Crippen molar-refractivity contribution in [2.45, 2.75) is 17.7 Å². The van der Waals surface area contributed by atoms with Crippen LogP contribution < -0.4 is 5.32 Å². The first-order chi connectivity index (χ1) is 7.85. The zero-order valence-corrected chi connectivity index (χ0v) is 10.5. The molecule has 17 heavy (non-hydrogen) atoms. The van der Waals surface area contributed by atoms with Gasteiger partial charge in [-0.3, -0.25) is 0 Å². The van der Waals surface area contributed by atoms with Crippen LogP contribution in [0.5, 0.6) is 0 Å². The average Bonchev–Trinajstić information content (AvgIpc) is 2.29. The number of halogens is 2. The zero-order chi connectivity index (χ0) is 13.1. The fourth-order valence-electron chi connectivity index (χ4n) is 1.51. The Kier molecular flexibility index (Phi) is 4.21. The van der Waals surface area contributed by atoms with Gasteiger partial charge in [0, 0.05) is 5.56 Å². The van der Waals surface area contributed by atoms with Gasteiger partial charge in [-0.2, -0.15) is 8.78 Å². The van der Waals surface area contributed by atoms with Crippen molar-refractivity contribution in [2.75, 3.05) is 19.3 Å². The third kappa shape index (κ3) is 3.01. The van der Waals surface area contributed by atoms with Crippen LogP contribution in [0.3, 0.4) is 0 Å². The quantitative estimate of drug-likeness (QED) is 0.881. The van der Waals surface area contributed by atoms with Gasteiger partial charge in [0.25, 0.3) is 5.92 Å². The Balaban J connectivity index is 3.36. The van der Waals surface area contributed by atoms with E-state index in [0.717, 1.165) is 6.07 Å². The van der Waals surface area contributed by atoms with Crippen LogP contribution >= 0.6 is 0 Å². The van der Waals surface area contributed by atoms with Gasteiger partial charge in [-0.15, -0.1) is 0 Å². The summed E-state index contributed by atoms with van der Waals surface area (Å²) in [5, 5.41) is 2.36. The molecule has 0 atom stereocenters. The molecule has 0 unspecified atom stereocenters. The predicted octanol–water partition coefficient (Wildman–Crippen LogP) is 1.79. The maximum absolute atomic E-state index is 13.8. The van der Waals surface area contributed by atoms with Crippen LogP contribution in [0, 0.1) is 0 Å². The summed E-state index contributed by atoms with van der Waals surface area (Å²) in [6.07, 6.45) is 0. The lowest BCUT2D eigenvalue weighted by Gasteiger charge is -2.19. The molecule has 1 N–H and O–H groups in total. The summed E-state index contributed by atoms with van der Waals surface area (Å²) in [5.41, 5.74) is -0.448. The van der Waals surface area contributed by atoms with Crippen LogP contribution in [0.25, 0.3) is 0 Å². The smallest absolute Gasteiger partial charge is 0.286 e. The van der Waals surface area contributed by atoms with Crippen LogP contribution in [-0.2, 0) is 15.8 Å². The van der Waals surface area contributed by atoms with Gasteiger partial charge in [-0.25, -0.2) is 8.42 Å². The first kappa shape index (κ1) is 14.1. The molecular formula is C11H15F2NO2S. The molecule has 0 aliphatic rings. The molecule has 96 valence electrons. The van der Waals surface area contributed by atoms with Crippen molar-refractivity contribution >= 4 is 9.84 Å². The van der Waals surface area contributed by atoms with Gasteiger partial charge in [0.15, 0.2) is 9.84 Å². The van der Waals surface area contributed by atoms with Gasteiger partial charge in [0.05, 0.1) is 17.2 Å². The standard InChI is InChI=1S/C11H15F2NO2S/c1-3-17(15,16)10-7-5-4-6-9(10)11(12,13)8-14-2/h4-7,14H,3,8H2,1-2H3. The topological polar surface area (TPSA) is 46.2 Å². The Morgan fingerprint density at radius 2 is 1.88 bits per heavy atom. The molecule has 0 heterocycles. The largest absolute Gasteiger partial charge is 0.314 e. The Labute approximate surface area is 99.8 Å². The first-order valence-corrected chi connectivity index (χ1v) is 6.85. The van der Waals surface area contributed by atoms with Crippen molar-refractivity contribution in [1.82, 2.24) is 5.32 Å². The van der Waals surface area contributed by atoms with Gasteiger partial charge in [0.1, 0.15) is 0 Å². The summed E-state index contributed by atoms with van der Waals surface area (Å²) in [6.45, 7) is 0.839. The highest BCUT2D eigenvalue weighted by molar-refractivity contribution is 7.91. The summed E-state index contributed by atoms with van der Waals surface area (Å²) in [7, 11) is -2.24. The third-order valence-electron chi connectivity index (χ3n) is 2.40. The monoisotopic (exact) mass is 263 g/mol. The minimum absolute atomic E-state index is 0.195. The molecule has 0 spiro atoms. The molecule has 3 nitrogen and oxygen atoms in total. The highest BCUT2D eigenvalue weighted by Crippen LogP contribution is 2.32. The molecule has 0 saturated carbocycles. The second-order valence-electron chi connectivity index (χ2n) is 3.63. The molecule has 0 aliphatic carbocycles. The Morgan fingerprint density at radius 3 is 2.41 bits per heavy atom. The molecule has 0 fully saturated rings. The summed E-state index contributed by atoms with van der Waals surface area (Å²) in [4.78, 5) is -0.289. The fourth-order valence-corrected chi connectivity index (χ4v) is 2.66. The van der Waals surface area contributed by atoms with E-state index in [0.29, 0.717) is 0 Å². The molecular weight excluding hydrogens is 248 g/mol. The molecule has 0 aliphatic heterocycles. The van der Waals surface area contributed by atoms with Crippen LogP contribution in [0.2, 0.25) is 0 Å². The second kappa shape index (κ2) is 5.10. The number of likely N-dealkylation sites (N-methyl/N-ethyl adjacent to an activating group) is 1. The van der Waals surface area contributed by atoms with E-state index in [-0.39, 0.29) is 10.6 Å². The van der Waals surface area contributed by atoms with Gasteiger partial charge in [-0.1, -0.05) is 25.1 Å². The van der Waals surface area contributed by atoms with Gasteiger partial charge in [-0.05, 0) is 13.1 Å². The minimum Gasteiger partial charge on any atom is -0.314 e. The number of rotatable bonds is 5. The van der Waals surface area contributed by atoms with Gasteiger partial charge >= 0.3 is 0 Å². The summed E-state index contributed by atoms with van der Waals surface area (Å²) >= 11 is 0. The zero-order valence-electron chi connectivity index (χ0n) is 9.70. The van der Waals surface area contributed by atoms with E-state index in [4.69, 9.17) is 0 Å². The molecule has 1 rings (SSSR count). The molecule has 6 heteroatoms. The number of hydrogen-bond donors (Lipinski definition) is 1. The van der Waals surface area contributed by atoms with E-state index in [1.54, 1.807) is 0 Å². The lowest BCUT2D eigenvalue weighted by atomic mass is 10.1. The first-order valence-electron chi connectivity index (χ1n) is 5.20. The van der Waals surface area contributed by atoms with Crippen LogP contribution in [0.1, 0.15) is 12.5 Å². The number of hydrogen-bond acceptors (Lipinski definition) is 3. The fraction of sp³-hybridized carbons (Fsp3) is 0.455. The van der Waals surface area contributed by atoms with Crippen molar-refractivity contribution in [3.8, 4) is 0 Å². The van der Waals surface area contributed by atoms with Crippen molar-refractivity contribution < 1.29 is 17.2 Å². The maximum Gasteiger partial charge on any atom is 0.286 e. The van der Waals surface area contributed by atoms with Crippen molar-refractivity contribution in [2.24, 2.45) is 0 Å². The Hall–Kier alpha value is -1.01. The van der Waals surface area contributed by atoms with Crippen LogP contribution in [0.15, 0.2) is 29.2 Å². The lowest BCUT2D eigenvalue weighted by Crippen LogP contribution is -2.30. The number of nitrogens with one attached hydrogen (secondary N) is 1. The van der Waals surface area contributed by atoms with Gasteiger partial charge < -0.3 is 5.32 Å². The second-order valence-corrected chi connectivity index (χ2v) is 5.88. The number of sulfone groups is 1. The molecule has 0 radical (unpaired) electrons. The van der Waals surface area contributed by atoms with Crippen LogP contribution in [-0.4, -0.2) is 27.8 Å². The Bertz CT molecular complexity index is 486. The minimum atomic E-state index is -3.64. The molecule has 1 aromatic rings. The lowest BCUT2D eigenvalue weighted by molar-refractivity contribution is -0.00412. The molecule has 0 saturated heterocycles. The summed E-state index contributed by atoms with van der Waals surface area (Å²) in [5.74, 6) is -3.40. The van der Waals surface area contributed by atoms with E-state index in [1.807, 2.05) is 0 Å². The molecule has 0 aromatic heterocycles. The SMILES string of the molecule is CCS(=O)(=O)c1ccccc1C(F)(F)CNC. The van der Waals surface area contributed by atoms with Gasteiger partial charge in [0.2, 0.25) is 0 Å². The maximum atomic E-state index is 13.8. The normalized spacial score (nSPS) is 12.7. The van der Waals surface area contributed by atoms with Crippen LogP contribution in [0.4, 0.5) is 8.78 Å². The number of benzene rings is 1. The predicted molar refractivity (Wildman–Crippen MR) is 62.0 cm³/mol. The van der Waals surface area contributed by atoms with E-state index >= 15 is 0 Å². The van der Waals surface area contributed by atoms with E-state index < -0.39 is 27.9 Å². The summed E-state index contributed by atoms with van der Waals surface area (Å²) in [6, 6.07) is 5.23. The van der Waals surface area contributed by atoms with Crippen molar-refractivity contribution in [1.29, 1.82) is 0 Å². The highest BCUT2D eigenvalue weighted by Gasteiger charge is 2.35. The van der Waals surface area contributed by atoms with E-state index in [2.05, 4.69) is 5.32 Å². The van der Waals surface area contributed by atoms with Crippen molar-refractivity contribution in [3.63, 3.8) is 0 Å². The molecule has 0 amide bonds. The summed E-state index contributed by atoms with van der Waals surface area (Å²) < 4.78 is 51.0.